The zero-order chi connectivity index (χ0) is 5.98. The molecule has 3 nitrogen and oxygen atoms in total. The van der Waals surface area contributed by atoms with Crippen molar-refractivity contribution >= 4 is 0 Å². The van der Waals surface area contributed by atoms with Crippen LogP contribution < -0.4 is 11.1 Å². The van der Waals surface area contributed by atoms with Crippen LogP contribution in [0.2, 0.25) is 0 Å². The Hall–Kier alpha value is -0.590. The molecule has 0 saturated carbocycles. The van der Waals surface area contributed by atoms with Gasteiger partial charge in [0.2, 0.25) is 0 Å². The molecule has 8 heavy (non-hydrogen) atoms. The molecule has 0 aliphatic carbocycles. The first-order chi connectivity index (χ1) is 3.84. The zero-order valence-corrected chi connectivity index (χ0v) is 4.59. The van der Waals surface area contributed by atoms with Gasteiger partial charge in [0.25, 0.3) is 0 Å². The van der Waals surface area contributed by atoms with E-state index in [4.69, 9.17) is 11.0 Å². The molecule has 1 fully saturated rings. The van der Waals surface area contributed by atoms with E-state index in [0.29, 0.717) is 0 Å². The summed E-state index contributed by atoms with van der Waals surface area (Å²) in [5.74, 6) is 0. The van der Waals surface area contributed by atoms with E-state index in [9.17, 15) is 0 Å². The predicted octanol–water partition coefficient (Wildman–Crippen LogP) is -0.801. The van der Waals surface area contributed by atoms with Gasteiger partial charge in [-0.2, -0.15) is 5.26 Å². The van der Waals surface area contributed by atoms with Gasteiger partial charge in [-0.15, -0.1) is 0 Å². The van der Waals surface area contributed by atoms with E-state index >= 15 is 0 Å². The second-order valence-corrected chi connectivity index (χ2v) is 2.01. The summed E-state index contributed by atoms with van der Waals surface area (Å²) in [6.45, 7) is 0.888. The molecule has 0 amide bonds. The van der Waals surface area contributed by atoms with Crippen molar-refractivity contribution in [3.05, 3.63) is 0 Å². The first-order valence-corrected chi connectivity index (χ1v) is 2.73. The van der Waals surface area contributed by atoms with Crippen LogP contribution in [0.5, 0.6) is 0 Å². The van der Waals surface area contributed by atoms with Crippen molar-refractivity contribution in [3.63, 3.8) is 0 Å². The summed E-state index contributed by atoms with van der Waals surface area (Å²) >= 11 is 0. The van der Waals surface area contributed by atoms with Crippen LogP contribution in [0.15, 0.2) is 0 Å². The average Bonchev–Trinajstić information content (AvgIpc) is 2.14. The highest BCUT2D eigenvalue weighted by molar-refractivity contribution is 5.01. The van der Waals surface area contributed by atoms with Crippen LogP contribution in [0.25, 0.3) is 0 Å². The number of nitrogens with one attached hydrogen (secondary N) is 1. The van der Waals surface area contributed by atoms with Crippen molar-refractivity contribution in [2.75, 3.05) is 6.54 Å². The Balaban J connectivity index is 2.45. The fourth-order valence-electron chi connectivity index (χ4n) is 0.865. The lowest BCUT2D eigenvalue weighted by Crippen LogP contribution is -2.34. The number of hydrogen-bond acceptors (Lipinski definition) is 3. The zero-order valence-electron chi connectivity index (χ0n) is 4.59. The van der Waals surface area contributed by atoms with E-state index in [1.807, 2.05) is 0 Å². The number of nitriles is 1. The topological polar surface area (TPSA) is 61.8 Å². The average molecular weight is 111 g/mol. The SMILES string of the molecule is N#CC1NCCC1N. The molecule has 1 saturated heterocycles. The third-order valence-corrected chi connectivity index (χ3v) is 1.41. The lowest BCUT2D eigenvalue weighted by atomic mass is 10.2. The molecule has 0 bridgehead atoms. The van der Waals surface area contributed by atoms with Crippen LogP contribution in [0.4, 0.5) is 0 Å². The molecule has 1 heterocycles. The van der Waals surface area contributed by atoms with E-state index in [2.05, 4.69) is 11.4 Å². The Morgan fingerprint density at radius 1 is 1.75 bits per heavy atom. The highest BCUT2D eigenvalue weighted by Crippen LogP contribution is 2.01. The first-order valence-electron chi connectivity index (χ1n) is 2.73. The van der Waals surface area contributed by atoms with Gasteiger partial charge >= 0.3 is 0 Å². The van der Waals surface area contributed by atoms with Crippen molar-refractivity contribution in [3.8, 4) is 6.07 Å². The summed E-state index contributed by atoms with van der Waals surface area (Å²) < 4.78 is 0. The van der Waals surface area contributed by atoms with E-state index in [1.165, 1.54) is 0 Å². The summed E-state index contributed by atoms with van der Waals surface area (Å²) in [6.07, 6.45) is 0.929. The monoisotopic (exact) mass is 111 g/mol. The fraction of sp³-hybridized carbons (Fsp3) is 0.800. The van der Waals surface area contributed by atoms with Crippen LogP contribution in [0.1, 0.15) is 6.42 Å². The highest BCUT2D eigenvalue weighted by atomic mass is 15.0. The molecule has 0 aromatic rings. The van der Waals surface area contributed by atoms with Crippen LogP contribution in [0.3, 0.4) is 0 Å². The molecule has 0 aromatic carbocycles. The summed E-state index contributed by atoms with van der Waals surface area (Å²) in [4.78, 5) is 0. The van der Waals surface area contributed by atoms with Crippen molar-refractivity contribution in [1.29, 1.82) is 5.26 Å². The van der Waals surface area contributed by atoms with Crippen LogP contribution in [0, 0.1) is 11.3 Å². The first kappa shape index (κ1) is 5.54. The highest BCUT2D eigenvalue weighted by Gasteiger charge is 2.21. The van der Waals surface area contributed by atoms with Crippen LogP contribution in [-0.2, 0) is 0 Å². The second-order valence-electron chi connectivity index (χ2n) is 2.01. The third-order valence-electron chi connectivity index (χ3n) is 1.41. The third kappa shape index (κ3) is 0.808. The molecule has 1 aliphatic rings. The Labute approximate surface area is 48.5 Å². The number of nitrogens with zero attached hydrogens (tertiary/aromatic N) is 1. The number of rotatable bonds is 0. The maximum absolute atomic E-state index is 8.34. The summed E-state index contributed by atoms with van der Waals surface area (Å²) in [5.41, 5.74) is 5.50. The summed E-state index contributed by atoms with van der Waals surface area (Å²) in [7, 11) is 0. The van der Waals surface area contributed by atoms with E-state index in [1.54, 1.807) is 0 Å². The van der Waals surface area contributed by atoms with Gasteiger partial charge in [-0.3, -0.25) is 0 Å². The lowest BCUT2D eigenvalue weighted by Gasteiger charge is -2.02. The summed E-state index contributed by atoms with van der Waals surface area (Å²) in [6, 6.07) is 2.03. The van der Waals surface area contributed by atoms with E-state index in [-0.39, 0.29) is 12.1 Å². The minimum absolute atomic E-state index is 0.0556. The fourth-order valence-corrected chi connectivity index (χ4v) is 0.865. The van der Waals surface area contributed by atoms with Crippen LogP contribution in [-0.4, -0.2) is 18.6 Å². The molecule has 2 unspecified atom stereocenters. The molecule has 3 N–H and O–H groups in total. The summed E-state index contributed by atoms with van der Waals surface area (Å²) in [5, 5.41) is 11.3. The Morgan fingerprint density at radius 3 is 2.75 bits per heavy atom. The van der Waals surface area contributed by atoms with E-state index in [0.717, 1.165) is 13.0 Å². The molecule has 0 spiro atoms. The second kappa shape index (κ2) is 2.12. The smallest absolute Gasteiger partial charge is 0.111 e. The minimum Gasteiger partial charge on any atom is -0.325 e. The lowest BCUT2D eigenvalue weighted by molar-refractivity contribution is 0.648. The molecular formula is C5H9N3. The molecule has 0 radical (unpaired) electrons. The Morgan fingerprint density at radius 2 is 2.50 bits per heavy atom. The number of hydrogen-bond donors (Lipinski definition) is 2. The maximum Gasteiger partial charge on any atom is 0.111 e. The van der Waals surface area contributed by atoms with Crippen LogP contribution >= 0.6 is 0 Å². The van der Waals surface area contributed by atoms with Gasteiger partial charge in [-0.25, -0.2) is 0 Å². The van der Waals surface area contributed by atoms with Gasteiger partial charge in [0, 0.05) is 6.04 Å². The normalized spacial score (nSPS) is 37.0. The van der Waals surface area contributed by atoms with Crippen molar-refractivity contribution < 1.29 is 0 Å². The standard InChI is InChI=1S/C5H9N3/c6-3-5-4(7)1-2-8-5/h4-5,8H,1-2,7H2. The molecule has 44 valence electrons. The van der Waals surface area contributed by atoms with Gasteiger partial charge < -0.3 is 11.1 Å². The Bertz CT molecular complexity index is 115. The van der Waals surface area contributed by atoms with Gasteiger partial charge in [-0.05, 0) is 13.0 Å². The molecule has 1 aliphatic heterocycles. The quantitative estimate of drug-likeness (QED) is 0.430. The molecule has 1 rings (SSSR count). The number of nitrogens with two attached hydrogens (primary N) is 1. The maximum atomic E-state index is 8.34. The van der Waals surface area contributed by atoms with Gasteiger partial charge in [-0.1, -0.05) is 0 Å². The molecule has 3 heteroatoms. The Kier molecular flexibility index (Phi) is 1.47. The predicted molar refractivity (Wildman–Crippen MR) is 30.0 cm³/mol. The van der Waals surface area contributed by atoms with E-state index < -0.39 is 0 Å². The van der Waals surface area contributed by atoms with Gasteiger partial charge in [0.15, 0.2) is 0 Å². The van der Waals surface area contributed by atoms with Crippen molar-refractivity contribution in [2.24, 2.45) is 5.73 Å². The van der Waals surface area contributed by atoms with Crippen molar-refractivity contribution in [1.82, 2.24) is 5.32 Å². The molecular weight excluding hydrogens is 102 g/mol. The van der Waals surface area contributed by atoms with Gasteiger partial charge in [0.05, 0.1) is 6.07 Å². The van der Waals surface area contributed by atoms with Crippen molar-refractivity contribution in [2.45, 2.75) is 18.5 Å². The molecule has 2 atom stereocenters. The largest absolute Gasteiger partial charge is 0.325 e. The minimum atomic E-state index is -0.102. The molecule has 0 aromatic heterocycles. The van der Waals surface area contributed by atoms with Gasteiger partial charge in [0.1, 0.15) is 6.04 Å².